The molecule has 1 unspecified atom stereocenters. The maximum Gasteiger partial charge on any atom is 0.252 e. The molecule has 1 N–H and O–H groups in total. The van der Waals surface area contributed by atoms with Gasteiger partial charge in [0.05, 0.1) is 16.7 Å². The Balaban J connectivity index is 1.69. The summed E-state index contributed by atoms with van der Waals surface area (Å²) >= 11 is 0. The molecule has 3 aromatic rings. The van der Waals surface area contributed by atoms with Crippen LogP contribution in [0.15, 0.2) is 66.0 Å². The third-order valence-corrected chi connectivity index (χ3v) is 8.35. The number of sulfone groups is 1. The van der Waals surface area contributed by atoms with E-state index in [1.54, 1.807) is 31.5 Å². The maximum absolute atomic E-state index is 13.5. The number of aromatic nitrogens is 2. The van der Waals surface area contributed by atoms with Crippen LogP contribution in [-0.2, 0) is 9.84 Å². The SMILES string of the molecule is Cc1ccc(-c2cc(S(=O)(=O)CC=CN3CCCC3)cc(C(=O)NC(C)c3cnc(C)nc3)c2C)cc1. The Bertz CT molecular complexity index is 1390. The van der Waals surface area contributed by atoms with E-state index in [1.807, 2.05) is 51.2 Å². The van der Waals surface area contributed by atoms with Gasteiger partial charge in [0.15, 0.2) is 9.84 Å². The van der Waals surface area contributed by atoms with Crippen LogP contribution in [0.1, 0.15) is 58.7 Å². The Labute approximate surface area is 219 Å². The molecule has 1 saturated heterocycles. The lowest BCUT2D eigenvalue weighted by Gasteiger charge is -2.18. The number of aryl methyl sites for hydroxylation is 2. The molecule has 7 nitrogen and oxygen atoms in total. The van der Waals surface area contributed by atoms with Gasteiger partial charge in [0, 0.05) is 36.6 Å². The first kappa shape index (κ1) is 26.5. The van der Waals surface area contributed by atoms with Gasteiger partial charge in [-0.2, -0.15) is 0 Å². The van der Waals surface area contributed by atoms with E-state index in [9.17, 15) is 13.2 Å². The summed E-state index contributed by atoms with van der Waals surface area (Å²) < 4.78 is 26.8. The first-order valence-electron chi connectivity index (χ1n) is 12.6. The Kier molecular flexibility index (Phi) is 8.07. The van der Waals surface area contributed by atoms with Gasteiger partial charge < -0.3 is 10.2 Å². The molecule has 4 rings (SSSR count). The number of carbonyl (C=O) groups excluding carboxylic acids is 1. The number of nitrogens with one attached hydrogen (secondary N) is 1. The quantitative estimate of drug-likeness (QED) is 0.454. The first-order chi connectivity index (χ1) is 17.6. The summed E-state index contributed by atoms with van der Waals surface area (Å²) in [5, 5.41) is 2.99. The second-order valence-corrected chi connectivity index (χ2v) is 11.7. The molecule has 1 atom stereocenters. The molecule has 0 bridgehead atoms. The molecular formula is C29H34N4O3S. The highest BCUT2D eigenvalue weighted by Crippen LogP contribution is 2.31. The molecule has 0 aliphatic carbocycles. The van der Waals surface area contributed by atoms with Gasteiger partial charge in [0.2, 0.25) is 0 Å². The number of rotatable bonds is 8. The average molecular weight is 519 g/mol. The zero-order valence-electron chi connectivity index (χ0n) is 21.9. The summed E-state index contributed by atoms with van der Waals surface area (Å²) in [6.07, 6.45) is 9.20. The van der Waals surface area contributed by atoms with E-state index in [0.717, 1.165) is 53.7 Å². The van der Waals surface area contributed by atoms with Crippen molar-refractivity contribution in [3.63, 3.8) is 0 Å². The molecule has 1 aromatic heterocycles. The maximum atomic E-state index is 13.5. The van der Waals surface area contributed by atoms with Crippen molar-refractivity contribution >= 4 is 15.7 Å². The Morgan fingerprint density at radius 2 is 1.70 bits per heavy atom. The topological polar surface area (TPSA) is 92.3 Å². The average Bonchev–Trinajstić information content (AvgIpc) is 3.38. The van der Waals surface area contributed by atoms with Gasteiger partial charge >= 0.3 is 0 Å². The first-order valence-corrected chi connectivity index (χ1v) is 14.2. The second-order valence-electron chi connectivity index (χ2n) is 9.68. The lowest BCUT2D eigenvalue weighted by atomic mass is 9.95. The highest BCUT2D eigenvalue weighted by Gasteiger charge is 2.22. The highest BCUT2D eigenvalue weighted by molar-refractivity contribution is 7.91. The van der Waals surface area contributed by atoms with Crippen LogP contribution in [0, 0.1) is 20.8 Å². The monoisotopic (exact) mass is 518 g/mol. The van der Waals surface area contributed by atoms with Crippen LogP contribution in [0.4, 0.5) is 0 Å². The standard InChI is InChI=1S/C29H34N4O3S/c1-20-8-10-24(11-9-20)27-16-26(37(35,36)15-7-14-33-12-5-6-13-33)17-28(21(27)2)29(34)32-22(3)25-18-30-23(4)31-19-25/h7-11,14,16-19,22H,5-6,12-13,15H2,1-4H3,(H,32,34). The molecule has 37 heavy (non-hydrogen) atoms. The van der Waals surface area contributed by atoms with Gasteiger partial charge in [0.25, 0.3) is 5.91 Å². The molecule has 2 heterocycles. The number of benzene rings is 2. The van der Waals surface area contributed by atoms with Crippen molar-refractivity contribution in [3.05, 3.63) is 89.1 Å². The van der Waals surface area contributed by atoms with E-state index >= 15 is 0 Å². The van der Waals surface area contributed by atoms with Crippen molar-refractivity contribution in [2.24, 2.45) is 0 Å². The Morgan fingerprint density at radius 1 is 1.05 bits per heavy atom. The predicted octanol–water partition coefficient (Wildman–Crippen LogP) is 4.94. The number of hydrogen-bond donors (Lipinski definition) is 1. The number of hydrogen-bond acceptors (Lipinski definition) is 6. The van der Waals surface area contributed by atoms with Gasteiger partial charge in [0.1, 0.15) is 5.82 Å². The van der Waals surface area contributed by atoms with Crippen molar-refractivity contribution in [3.8, 4) is 11.1 Å². The van der Waals surface area contributed by atoms with Gasteiger partial charge in [-0.15, -0.1) is 0 Å². The van der Waals surface area contributed by atoms with Crippen LogP contribution in [0.2, 0.25) is 0 Å². The van der Waals surface area contributed by atoms with E-state index in [4.69, 9.17) is 0 Å². The highest BCUT2D eigenvalue weighted by atomic mass is 32.2. The molecule has 1 fully saturated rings. The fraction of sp³-hybridized carbons (Fsp3) is 0.345. The van der Waals surface area contributed by atoms with E-state index in [-0.39, 0.29) is 22.6 Å². The number of carbonyl (C=O) groups is 1. The summed E-state index contributed by atoms with van der Waals surface area (Å²) in [7, 11) is -3.66. The fourth-order valence-electron chi connectivity index (χ4n) is 4.43. The molecule has 0 radical (unpaired) electrons. The van der Waals surface area contributed by atoms with Gasteiger partial charge in [-0.05, 0) is 75.6 Å². The van der Waals surface area contributed by atoms with Crippen molar-refractivity contribution in [2.75, 3.05) is 18.8 Å². The number of likely N-dealkylation sites (tertiary alicyclic amines) is 1. The molecule has 1 aliphatic heterocycles. The summed E-state index contributed by atoms with van der Waals surface area (Å²) in [6, 6.07) is 10.7. The summed E-state index contributed by atoms with van der Waals surface area (Å²) in [5.41, 5.74) is 4.51. The minimum atomic E-state index is -3.66. The largest absolute Gasteiger partial charge is 0.378 e. The van der Waals surface area contributed by atoms with Gasteiger partial charge in [-0.1, -0.05) is 35.9 Å². The lowest BCUT2D eigenvalue weighted by molar-refractivity contribution is 0.0939. The van der Waals surface area contributed by atoms with E-state index in [1.165, 1.54) is 6.07 Å². The van der Waals surface area contributed by atoms with Crippen LogP contribution < -0.4 is 5.32 Å². The zero-order valence-corrected chi connectivity index (χ0v) is 22.7. The molecule has 8 heteroatoms. The van der Waals surface area contributed by atoms with Crippen molar-refractivity contribution in [2.45, 2.75) is 51.5 Å². The third kappa shape index (κ3) is 6.43. The van der Waals surface area contributed by atoms with Crippen LogP contribution in [0.5, 0.6) is 0 Å². The van der Waals surface area contributed by atoms with Crippen molar-refractivity contribution < 1.29 is 13.2 Å². The summed E-state index contributed by atoms with van der Waals surface area (Å²) in [4.78, 5) is 24.1. The Hall–Kier alpha value is -3.52. The van der Waals surface area contributed by atoms with Crippen LogP contribution >= 0.6 is 0 Å². The molecular weight excluding hydrogens is 484 g/mol. The summed E-state index contributed by atoms with van der Waals surface area (Å²) in [6.45, 7) is 9.41. The fourth-order valence-corrected chi connectivity index (χ4v) is 5.55. The predicted molar refractivity (Wildman–Crippen MR) is 146 cm³/mol. The normalized spacial score (nSPS) is 14.8. The van der Waals surface area contributed by atoms with E-state index in [2.05, 4.69) is 20.2 Å². The van der Waals surface area contributed by atoms with Crippen LogP contribution in [-0.4, -0.2) is 48.0 Å². The number of amides is 1. The van der Waals surface area contributed by atoms with Crippen molar-refractivity contribution in [1.82, 2.24) is 20.2 Å². The smallest absolute Gasteiger partial charge is 0.252 e. The molecule has 1 amide bonds. The van der Waals surface area contributed by atoms with Gasteiger partial charge in [-0.25, -0.2) is 18.4 Å². The molecule has 2 aromatic carbocycles. The number of nitrogens with zero attached hydrogens (tertiary/aromatic N) is 3. The second kappa shape index (κ2) is 11.3. The van der Waals surface area contributed by atoms with E-state index in [0.29, 0.717) is 11.4 Å². The molecule has 0 spiro atoms. The minimum absolute atomic E-state index is 0.127. The van der Waals surface area contributed by atoms with E-state index < -0.39 is 9.84 Å². The van der Waals surface area contributed by atoms with Crippen LogP contribution in [0.3, 0.4) is 0 Å². The summed E-state index contributed by atoms with van der Waals surface area (Å²) in [5.74, 6) is 0.180. The lowest BCUT2D eigenvalue weighted by Crippen LogP contribution is -2.28. The molecule has 0 saturated carbocycles. The molecule has 1 aliphatic rings. The zero-order chi connectivity index (χ0) is 26.6. The van der Waals surface area contributed by atoms with Gasteiger partial charge in [-0.3, -0.25) is 4.79 Å². The van der Waals surface area contributed by atoms with Crippen molar-refractivity contribution in [1.29, 1.82) is 0 Å². The van der Waals surface area contributed by atoms with Crippen LogP contribution in [0.25, 0.3) is 11.1 Å². The Morgan fingerprint density at radius 3 is 2.35 bits per heavy atom. The minimum Gasteiger partial charge on any atom is -0.378 e. The third-order valence-electron chi connectivity index (χ3n) is 6.77. The molecule has 194 valence electrons.